The number of anilines is 1. The summed E-state index contributed by atoms with van der Waals surface area (Å²) in [6, 6.07) is 4.90. The fourth-order valence-electron chi connectivity index (χ4n) is 1.63. The fourth-order valence-corrected chi connectivity index (χ4v) is 2.00. The molecule has 0 aromatic carbocycles. The van der Waals surface area contributed by atoms with Crippen molar-refractivity contribution in [3.05, 3.63) is 52.5 Å². The van der Waals surface area contributed by atoms with Gasteiger partial charge in [-0.3, -0.25) is 4.79 Å². The van der Waals surface area contributed by atoms with Crippen LogP contribution in [0.25, 0.3) is 5.65 Å². The number of aromatic nitrogens is 4. The Morgan fingerprint density at radius 3 is 2.80 bits per heavy atom. The largest absolute Gasteiger partial charge is 0.305 e. The average Bonchev–Trinajstić information content (AvgIpc) is 2.79. The number of hydrogen-bond donors (Lipinski definition) is 1. The van der Waals surface area contributed by atoms with Crippen molar-refractivity contribution >= 4 is 40.6 Å². The average molecular weight is 308 g/mol. The van der Waals surface area contributed by atoms with Gasteiger partial charge in [0.05, 0.1) is 5.02 Å². The minimum Gasteiger partial charge on any atom is -0.305 e. The Bertz CT molecular complexity index is 784. The molecule has 3 aromatic heterocycles. The second kappa shape index (κ2) is 5.07. The molecule has 0 aliphatic rings. The smallest absolute Gasteiger partial charge is 0.278 e. The van der Waals surface area contributed by atoms with Crippen LogP contribution in [0.1, 0.15) is 10.5 Å². The van der Waals surface area contributed by atoms with Gasteiger partial charge in [-0.15, -0.1) is 0 Å². The van der Waals surface area contributed by atoms with Gasteiger partial charge in [0.15, 0.2) is 11.3 Å². The lowest BCUT2D eigenvalue weighted by atomic mass is 10.4. The van der Waals surface area contributed by atoms with Crippen LogP contribution in [0.5, 0.6) is 0 Å². The van der Waals surface area contributed by atoms with Crippen LogP contribution < -0.4 is 5.32 Å². The van der Waals surface area contributed by atoms with Gasteiger partial charge in [0.25, 0.3) is 5.91 Å². The highest BCUT2D eigenvalue weighted by molar-refractivity contribution is 6.37. The molecule has 8 heteroatoms. The normalized spacial score (nSPS) is 10.7. The van der Waals surface area contributed by atoms with Gasteiger partial charge in [-0.2, -0.15) is 5.10 Å². The first-order valence-electron chi connectivity index (χ1n) is 5.57. The van der Waals surface area contributed by atoms with Gasteiger partial charge >= 0.3 is 0 Å². The highest BCUT2D eigenvalue weighted by Gasteiger charge is 2.19. The Kier molecular flexibility index (Phi) is 3.25. The van der Waals surface area contributed by atoms with E-state index in [1.54, 1.807) is 30.6 Å². The molecule has 0 atom stereocenters. The van der Waals surface area contributed by atoms with Crippen molar-refractivity contribution in [1.29, 1.82) is 0 Å². The maximum Gasteiger partial charge on any atom is 0.278 e. The summed E-state index contributed by atoms with van der Waals surface area (Å²) in [6.45, 7) is 0. The van der Waals surface area contributed by atoms with Crippen LogP contribution in [-0.2, 0) is 0 Å². The van der Waals surface area contributed by atoms with E-state index in [1.165, 1.54) is 10.7 Å². The second-order valence-corrected chi connectivity index (χ2v) is 4.68. The zero-order valence-electron chi connectivity index (χ0n) is 9.92. The molecule has 1 N–H and O–H groups in total. The summed E-state index contributed by atoms with van der Waals surface area (Å²) in [6.07, 6.45) is 4.67. The molecule has 0 spiro atoms. The molecule has 6 nitrogen and oxygen atoms in total. The van der Waals surface area contributed by atoms with Gasteiger partial charge in [0, 0.05) is 18.6 Å². The summed E-state index contributed by atoms with van der Waals surface area (Å²) in [5.74, 6) is -0.101. The van der Waals surface area contributed by atoms with E-state index in [9.17, 15) is 4.79 Å². The molecular formula is C12H7Cl2N5O. The van der Waals surface area contributed by atoms with E-state index in [0.29, 0.717) is 16.5 Å². The topological polar surface area (TPSA) is 72.2 Å². The number of fused-ring (bicyclic) bond motifs is 1. The Labute approximate surface area is 123 Å². The van der Waals surface area contributed by atoms with Crippen molar-refractivity contribution in [3.63, 3.8) is 0 Å². The summed E-state index contributed by atoms with van der Waals surface area (Å²) in [5.41, 5.74) is 0.505. The molecule has 0 radical (unpaired) electrons. The number of nitrogens with zero attached hydrogens (tertiary/aromatic N) is 4. The quantitative estimate of drug-likeness (QED) is 0.790. The van der Waals surface area contributed by atoms with E-state index >= 15 is 0 Å². The highest BCUT2D eigenvalue weighted by atomic mass is 35.5. The molecule has 20 heavy (non-hydrogen) atoms. The van der Waals surface area contributed by atoms with Crippen LogP contribution in [0.4, 0.5) is 5.82 Å². The highest BCUT2D eigenvalue weighted by Crippen LogP contribution is 2.20. The lowest BCUT2D eigenvalue weighted by molar-refractivity contribution is 0.102. The van der Waals surface area contributed by atoms with Crippen LogP contribution >= 0.6 is 23.2 Å². The number of rotatable bonds is 2. The number of amides is 1. The molecule has 0 aliphatic heterocycles. The van der Waals surface area contributed by atoms with Crippen molar-refractivity contribution < 1.29 is 4.79 Å². The number of carbonyl (C=O) groups is 1. The van der Waals surface area contributed by atoms with Crippen molar-refractivity contribution in [2.45, 2.75) is 0 Å². The van der Waals surface area contributed by atoms with E-state index in [0.717, 1.165) is 0 Å². The Balaban J connectivity index is 1.92. The monoisotopic (exact) mass is 307 g/mol. The molecule has 0 aliphatic carbocycles. The van der Waals surface area contributed by atoms with Crippen LogP contribution in [0.15, 0.2) is 36.8 Å². The van der Waals surface area contributed by atoms with E-state index in [-0.39, 0.29) is 10.7 Å². The Hall–Kier alpha value is -2.18. The zero-order valence-corrected chi connectivity index (χ0v) is 11.4. The molecule has 0 fully saturated rings. The van der Waals surface area contributed by atoms with Gasteiger partial charge in [0.1, 0.15) is 10.8 Å². The zero-order chi connectivity index (χ0) is 14.1. The number of nitrogens with one attached hydrogen (secondary N) is 1. The van der Waals surface area contributed by atoms with Crippen LogP contribution in [0.3, 0.4) is 0 Å². The summed E-state index contributed by atoms with van der Waals surface area (Å²) >= 11 is 11.8. The van der Waals surface area contributed by atoms with Crippen molar-refractivity contribution in [3.8, 4) is 0 Å². The molecule has 0 saturated carbocycles. The molecule has 3 rings (SSSR count). The standard InChI is InChI=1S/C12H7Cl2N5O/c13-7-2-3-8(16-6-7)17-12(20)10-9(14)11-15-4-1-5-19(11)18-10/h1-6H,(H,16,17,20). The lowest BCUT2D eigenvalue weighted by Crippen LogP contribution is -2.14. The van der Waals surface area contributed by atoms with E-state index in [4.69, 9.17) is 23.2 Å². The second-order valence-electron chi connectivity index (χ2n) is 3.87. The number of carbonyl (C=O) groups excluding carboxylic acids is 1. The van der Waals surface area contributed by atoms with Crippen molar-refractivity contribution in [2.75, 3.05) is 5.32 Å². The van der Waals surface area contributed by atoms with Gasteiger partial charge in [-0.25, -0.2) is 14.5 Å². The Morgan fingerprint density at radius 1 is 1.25 bits per heavy atom. The van der Waals surface area contributed by atoms with E-state index < -0.39 is 5.91 Å². The third-order valence-corrected chi connectivity index (χ3v) is 3.09. The minimum absolute atomic E-state index is 0.0853. The van der Waals surface area contributed by atoms with Crippen molar-refractivity contribution in [2.24, 2.45) is 0 Å². The van der Waals surface area contributed by atoms with Crippen LogP contribution in [0, 0.1) is 0 Å². The van der Waals surface area contributed by atoms with Crippen LogP contribution in [-0.4, -0.2) is 25.5 Å². The van der Waals surface area contributed by atoms with Gasteiger partial charge in [0.2, 0.25) is 0 Å². The summed E-state index contributed by atoms with van der Waals surface area (Å²) in [4.78, 5) is 20.1. The first kappa shape index (κ1) is 12.8. The SMILES string of the molecule is O=C(Nc1ccc(Cl)cn1)c1nn2cccnc2c1Cl. The maximum atomic E-state index is 12.1. The summed E-state index contributed by atoms with van der Waals surface area (Å²) in [7, 11) is 0. The first-order chi connectivity index (χ1) is 9.65. The molecule has 1 amide bonds. The number of halogens is 2. The third kappa shape index (κ3) is 2.31. The van der Waals surface area contributed by atoms with Gasteiger partial charge < -0.3 is 5.32 Å². The lowest BCUT2D eigenvalue weighted by Gasteiger charge is -2.01. The van der Waals surface area contributed by atoms with Crippen molar-refractivity contribution in [1.82, 2.24) is 19.6 Å². The molecule has 3 heterocycles. The molecule has 0 saturated heterocycles. The van der Waals surface area contributed by atoms with E-state index in [2.05, 4.69) is 20.4 Å². The maximum absolute atomic E-state index is 12.1. The summed E-state index contributed by atoms with van der Waals surface area (Å²) in [5, 5.41) is 7.35. The predicted molar refractivity (Wildman–Crippen MR) is 75.2 cm³/mol. The van der Waals surface area contributed by atoms with Gasteiger partial charge in [-0.1, -0.05) is 23.2 Å². The molecule has 100 valence electrons. The van der Waals surface area contributed by atoms with Crippen LogP contribution in [0.2, 0.25) is 10.0 Å². The Morgan fingerprint density at radius 2 is 2.10 bits per heavy atom. The van der Waals surface area contributed by atoms with Gasteiger partial charge in [-0.05, 0) is 18.2 Å². The molecule has 3 aromatic rings. The first-order valence-corrected chi connectivity index (χ1v) is 6.32. The number of hydrogen-bond acceptors (Lipinski definition) is 4. The molecule has 0 unspecified atom stereocenters. The third-order valence-electron chi connectivity index (χ3n) is 2.52. The minimum atomic E-state index is -0.463. The predicted octanol–water partition coefficient (Wildman–Crippen LogP) is 2.68. The summed E-state index contributed by atoms with van der Waals surface area (Å²) < 4.78 is 1.44. The van der Waals surface area contributed by atoms with E-state index in [1.807, 2.05) is 0 Å². The molecular weight excluding hydrogens is 301 g/mol. The molecule has 0 bridgehead atoms. The fraction of sp³-hybridized carbons (Fsp3) is 0. The number of pyridine rings is 1.